The van der Waals surface area contributed by atoms with Crippen molar-refractivity contribution in [2.24, 2.45) is 20.7 Å². The largest absolute Gasteiger partial charge is 0.356 e. The van der Waals surface area contributed by atoms with Crippen molar-refractivity contribution in [1.82, 2.24) is 20.4 Å². The molecule has 3 aromatic carbocycles. The molecular weight excluding hydrogens is 1040 g/mol. The maximum absolute atomic E-state index is 12.5. The molecule has 430 valence electrons. The van der Waals surface area contributed by atoms with Gasteiger partial charge in [0.1, 0.15) is 0 Å². The van der Waals surface area contributed by atoms with E-state index in [9.17, 15) is 43.2 Å². The minimum absolute atomic E-state index is 0.136. The summed E-state index contributed by atoms with van der Waals surface area (Å²) in [5.41, 5.74) is 10.9. The summed E-state index contributed by atoms with van der Waals surface area (Å²) in [6, 6.07) is 16.7. The number of isocyanates is 3. The molecule has 0 unspecified atom stereocenters. The average Bonchev–Trinajstić information content (AvgIpc) is 3.88. The van der Waals surface area contributed by atoms with Gasteiger partial charge >= 0.3 is 18.1 Å². The van der Waals surface area contributed by atoms with Gasteiger partial charge in [0.25, 0.3) is 0 Å². The van der Waals surface area contributed by atoms with E-state index in [0.29, 0.717) is 66.6 Å². The van der Waals surface area contributed by atoms with Gasteiger partial charge < -0.3 is 32.3 Å². The average molecular weight is 1120 g/mol. The molecule has 0 aromatic heterocycles. The summed E-state index contributed by atoms with van der Waals surface area (Å²) in [5, 5.41) is 14.0. The molecule has 0 spiro atoms. The zero-order valence-corrected chi connectivity index (χ0v) is 50.0. The number of aliphatic imine (C=N–C) groups is 3. The molecule has 0 saturated carbocycles. The Bertz CT molecular complexity index is 2630. The lowest BCUT2D eigenvalue weighted by atomic mass is 10.2. The summed E-state index contributed by atoms with van der Waals surface area (Å²) in [6.07, 6.45) is 16.7. The van der Waals surface area contributed by atoms with Crippen molar-refractivity contribution in [3.63, 3.8) is 0 Å². The van der Waals surface area contributed by atoms with Crippen LogP contribution >= 0.6 is 0 Å². The highest BCUT2D eigenvalue weighted by molar-refractivity contribution is 6.76. The summed E-state index contributed by atoms with van der Waals surface area (Å²) >= 11 is 0. The molecule has 3 saturated heterocycles. The summed E-state index contributed by atoms with van der Waals surface area (Å²) < 4.78 is 0. The predicted octanol–water partition coefficient (Wildman–Crippen LogP) is 12.0. The SMILES string of the molecule is C[Si](C)(C)CCCN.Cc1ccc(N=C=O)cc1N=C=O.Cc1ccc(NC(=O)N2CCCCCC2=O)cc1N=C=O.Cc1ccc(NC(=O)N2CCCCCC2=O)cc1NC(=O)NCCC[Si](C)(C)C.O=C1CCCCCN1. The van der Waals surface area contributed by atoms with Gasteiger partial charge in [-0.3, -0.25) is 24.2 Å². The molecule has 3 heterocycles. The third-order valence-electron chi connectivity index (χ3n) is 12.5. The van der Waals surface area contributed by atoms with Crippen LogP contribution in [0.25, 0.3) is 0 Å². The van der Waals surface area contributed by atoms with Gasteiger partial charge in [0, 0.05) is 78.7 Å². The highest BCUT2D eigenvalue weighted by Crippen LogP contribution is 2.26. The molecule has 3 fully saturated rings. The van der Waals surface area contributed by atoms with E-state index in [1.807, 2.05) is 13.0 Å². The summed E-state index contributed by atoms with van der Waals surface area (Å²) in [7, 11) is -1.86. The lowest BCUT2D eigenvalue weighted by Crippen LogP contribution is -2.39. The van der Waals surface area contributed by atoms with Gasteiger partial charge in [0.15, 0.2) is 0 Å². The zero-order valence-electron chi connectivity index (χ0n) is 48.0. The number of amides is 9. The second-order valence-electron chi connectivity index (χ2n) is 21.8. The van der Waals surface area contributed by atoms with Crippen LogP contribution in [0, 0.1) is 20.8 Å². The number of carbonyl (C=O) groups excluding carboxylic acids is 9. The third-order valence-corrected chi connectivity index (χ3v) is 16.2. The smallest absolute Gasteiger partial charge is 0.328 e. The fourth-order valence-corrected chi connectivity index (χ4v) is 10.4. The van der Waals surface area contributed by atoms with E-state index in [2.05, 4.69) is 80.8 Å². The summed E-state index contributed by atoms with van der Waals surface area (Å²) in [5.74, 6) is -0.0612. The van der Waals surface area contributed by atoms with Gasteiger partial charge in [-0.05, 0) is 132 Å². The minimum atomic E-state index is -1.10. The normalized spacial score (nSPS) is 14.3. The van der Waals surface area contributed by atoms with Crippen LogP contribution in [0.2, 0.25) is 51.4 Å². The molecule has 6 rings (SSSR count). The Hall–Kier alpha value is -7.19. The van der Waals surface area contributed by atoms with Gasteiger partial charge in [-0.25, -0.2) is 28.8 Å². The topological polar surface area (TPSA) is 283 Å². The highest BCUT2D eigenvalue weighted by atomic mass is 28.3. The second-order valence-corrected chi connectivity index (χ2v) is 33.1. The number of imide groups is 2. The number of nitrogens with two attached hydrogens (primary N) is 1. The van der Waals surface area contributed by atoms with E-state index in [-0.39, 0.29) is 23.8 Å². The van der Waals surface area contributed by atoms with Crippen LogP contribution in [0.5, 0.6) is 0 Å². The predicted molar refractivity (Wildman–Crippen MR) is 318 cm³/mol. The van der Waals surface area contributed by atoms with Crippen LogP contribution in [0.3, 0.4) is 0 Å². The van der Waals surface area contributed by atoms with Crippen molar-refractivity contribution in [3.05, 3.63) is 71.3 Å². The Morgan fingerprint density at radius 2 is 1.06 bits per heavy atom. The van der Waals surface area contributed by atoms with Gasteiger partial charge in [0.05, 0.1) is 17.1 Å². The lowest BCUT2D eigenvalue weighted by Gasteiger charge is -2.20. The molecular formula is C57H85N11O9Si2. The zero-order chi connectivity index (χ0) is 58.8. The molecule has 7 N–H and O–H groups in total. The molecule has 9 amide bonds. The Morgan fingerprint density at radius 1 is 0.582 bits per heavy atom. The Morgan fingerprint density at radius 3 is 1.58 bits per heavy atom. The van der Waals surface area contributed by atoms with E-state index in [1.54, 1.807) is 56.3 Å². The van der Waals surface area contributed by atoms with Crippen LogP contribution < -0.4 is 32.3 Å². The molecule has 20 nitrogen and oxygen atoms in total. The first-order valence-corrected chi connectivity index (χ1v) is 34.7. The fourth-order valence-electron chi connectivity index (χ4n) is 7.88. The van der Waals surface area contributed by atoms with Gasteiger partial charge in [0.2, 0.25) is 36.0 Å². The number of hydrogen-bond acceptors (Lipinski definition) is 13. The molecule has 0 radical (unpaired) electrons. The van der Waals surface area contributed by atoms with Crippen LogP contribution in [-0.4, -0.2) is 113 Å². The van der Waals surface area contributed by atoms with Crippen LogP contribution in [0.15, 0.2) is 69.6 Å². The van der Waals surface area contributed by atoms with Crippen molar-refractivity contribution in [3.8, 4) is 0 Å². The van der Waals surface area contributed by atoms with Gasteiger partial charge in [-0.2, -0.15) is 15.0 Å². The molecule has 3 aliphatic heterocycles. The first-order valence-electron chi connectivity index (χ1n) is 27.3. The Labute approximate surface area is 468 Å². The van der Waals surface area contributed by atoms with Crippen molar-refractivity contribution in [2.75, 3.05) is 48.7 Å². The monoisotopic (exact) mass is 1120 g/mol. The maximum Gasteiger partial charge on any atom is 0.328 e. The van der Waals surface area contributed by atoms with E-state index in [1.165, 1.54) is 59.0 Å². The number of nitrogens with zero attached hydrogens (tertiary/aromatic N) is 5. The number of hydrogen-bond donors (Lipinski definition) is 6. The number of anilines is 3. The van der Waals surface area contributed by atoms with Gasteiger partial charge in [-0.15, -0.1) is 0 Å². The third kappa shape index (κ3) is 29.4. The van der Waals surface area contributed by atoms with Crippen molar-refractivity contribution < 1.29 is 43.2 Å². The van der Waals surface area contributed by atoms with Crippen LogP contribution in [0.4, 0.5) is 48.5 Å². The number of urea groups is 3. The summed E-state index contributed by atoms with van der Waals surface area (Å²) in [4.78, 5) is 115. The molecule has 0 bridgehead atoms. The van der Waals surface area contributed by atoms with Crippen LogP contribution in [0.1, 0.15) is 107 Å². The fraction of sp³-hybridized carbons (Fsp3) is 0.526. The maximum atomic E-state index is 12.5. The number of likely N-dealkylation sites (tertiary alicyclic amines) is 2. The standard InChI is InChI=1S/C21H34N4O3Si.C15H17N3O3.C9H6N2O2.C6H11NO.C6H17NSi/c1-16-10-11-17(23-21(28)25-13-7-5-6-9-19(25)26)15-18(16)24-20(27)22-12-8-14-29(2,3)4;1-11-6-7-12(9-13(11)16-10-19)17-15(21)18-8-4-2-3-5-14(18)20;1-7-2-3-8(10-5-12)4-9(7)11-6-13;8-6-4-2-1-3-5-7-6;1-8(2,3)6-4-5-7/h10-11,15H,5-9,12-14H2,1-4H3,(H,23,28)(H2,22,24,27);6-7,9H,2-5,8H2,1H3,(H,17,21);2-4H,1H3;1-5H2,(H,7,8);4-7H2,1-3H3. The molecule has 22 heteroatoms. The first-order chi connectivity index (χ1) is 37.5. The van der Waals surface area contributed by atoms with Crippen LogP contribution in [-0.2, 0) is 28.8 Å². The molecule has 79 heavy (non-hydrogen) atoms. The molecule has 3 aromatic rings. The number of aryl methyl sites for hydroxylation is 3. The minimum Gasteiger partial charge on any atom is -0.356 e. The van der Waals surface area contributed by atoms with Gasteiger partial charge in [-0.1, -0.05) is 88.8 Å². The number of rotatable bonds is 13. The first kappa shape index (κ1) is 67.9. The van der Waals surface area contributed by atoms with Crippen molar-refractivity contribution in [1.29, 1.82) is 0 Å². The number of nitrogens with one attached hydrogen (secondary N) is 5. The number of benzene rings is 3. The van der Waals surface area contributed by atoms with E-state index < -0.39 is 28.2 Å². The molecule has 3 aliphatic rings. The lowest BCUT2D eigenvalue weighted by molar-refractivity contribution is -0.128. The van der Waals surface area contributed by atoms with Crippen molar-refractivity contribution in [2.45, 2.75) is 162 Å². The van der Waals surface area contributed by atoms with Crippen molar-refractivity contribution >= 4 is 104 Å². The quantitative estimate of drug-likeness (QED) is 0.0407. The Balaban J connectivity index is 0.000000370. The molecule has 0 atom stereocenters. The highest BCUT2D eigenvalue weighted by Gasteiger charge is 2.25. The Kier molecular flexibility index (Phi) is 31.7. The summed E-state index contributed by atoms with van der Waals surface area (Å²) in [6.45, 7) is 22.9. The number of carbonyl (C=O) groups is 6. The van der Waals surface area contributed by atoms with E-state index in [4.69, 9.17) is 5.73 Å². The van der Waals surface area contributed by atoms with E-state index >= 15 is 0 Å². The molecule has 0 aliphatic carbocycles. The van der Waals surface area contributed by atoms with E-state index in [0.717, 1.165) is 94.0 Å². The second kappa shape index (κ2) is 36.8.